The second-order valence-corrected chi connectivity index (χ2v) is 5.58. The van der Waals surface area contributed by atoms with Crippen molar-refractivity contribution in [3.05, 3.63) is 23.8 Å². The van der Waals surface area contributed by atoms with Gasteiger partial charge in [0.1, 0.15) is 13.2 Å². The molecule has 1 atom stereocenters. The summed E-state index contributed by atoms with van der Waals surface area (Å²) in [6.07, 6.45) is 5.02. The molecule has 2 heterocycles. The second-order valence-electron chi connectivity index (χ2n) is 5.58. The molecule has 3 rings (SSSR count). The van der Waals surface area contributed by atoms with Crippen LogP contribution in [0.4, 0.5) is 0 Å². The van der Waals surface area contributed by atoms with E-state index in [0.717, 1.165) is 31.0 Å². The van der Waals surface area contributed by atoms with Crippen LogP contribution in [0.5, 0.6) is 11.5 Å². The summed E-state index contributed by atoms with van der Waals surface area (Å²) in [4.78, 5) is 0. The lowest BCUT2D eigenvalue weighted by molar-refractivity contribution is 0.171. The van der Waals surface area contributed by atoms with Gasteiger partial charge in [-0.25, -0.2) is 0 Å². The highest BCUT2D eigenvalue weighted by Gasteiger charge is 2.13. The molecular weight excluding hydrogens is 252 g/mol. The summed E-state index contributed by atoms with van der Waals surface area (Å²) in [6, 6.07) is 6.92. The molecule has 1 aromatic carbocycles. The highest BCUT2D eigenvalue weighted by Crippen LogP contribution is 2.30. The van der Waals surface area contributed by atoms with Gasteiger partial charge in [0.15, 0.2) is 11.5 Å². The van der Waals surface area contributed by atoms with Crippen molar-refractivity contribution >= 4 is 0 Å². The van der Waals surface area contributed by atoms with Crippen LogP contribution in [-0.4, -0.2) is 38.9 Å². The van der Waals surface area contributed by atoms with Gasteiger partial charge in [-0.3, -0.25) is 0 Å². The van der Waals surface area contributed by atoms with E-state index in [4.69, 9.17) is 9.47 Å². The molecule has 0 aliphatic carbocycles. The van der Waals surface area contributed by atoms with Crippen molar-refractivity contribution in [2.24, 2.45) is 0 Å². The topological polar surface area (TPSA) is 42.5 Å². The minimum atomic E-state index is 0.655. The minimum Gasteiger partial charge on any atom is -0.486 e. The number of nitrogens with one attached hydrogen (secondary N) is 2. The highest BCUT2D eigenvalue weighted by molar-refractivity contribution is 5.43. The van der Waals surface area contributed by atoms with Gasteiger partial charge in [-0.15, -0.1) is 0 Å². The summed E-state index contributed by atoms with van der Waals surface area (Å²) in [7, 11) is 0. The Hall–Kier alpha value is -1.26. The van der Waals surface area contributed by atoms with Gasteiger partial charge in [-0.05, 0) is 50.0 Å². The Bertz CT molecular complexity index is 430. The summed E-state index contributed by atoms with van der Waals surface area (Å²) < 4.78 is 11.1. The standard InChI is InChI=1S/C16H24N2O2/c1-2-7-18-14(3-1)12-17-8-6-13-4-5-15-16(11-13)20-10-9-19-15/h4-5,11,14,17-18H,1-3,6-10,12H2. The van der Waals surface area contributed by atoms with Crippen molar-refractivity contribution in [1.29, 1.82) is 0 Å². The van der Waals surface area contributed by atoms with Crippen LogP contribution < -0.4 is 20.1 Å². The molecule has 110 valence electrons. The van der Waals surface area contributed by atoms with E-state index in [2.05, 4.69) is 22.8 Å². The molecule has 0 saturated carbocycles. The molecule has 2 aliphatic heterocycles. The van der Waals surface area contributed by atoms with Crippen LogP contribution in [0.1, 0.15) is 24.8 Å². The Balaban J connectivity index is 1.41. The van der Waals surface area contributed by atoms with Gasteiger partial charge < -0.3 is 20.1 Å². The molecule has 1 fully saturated rings. The van der Waals surface area contributed by atoms with Crippen molar-refractivity contribution in [1.82, 2.24) is 10.6 Å². The lowest BCUT2D eigenvalue weighted by atomic mass is 10.1. The Kier molecular flexibility index (Phi) is 4.77. The zero-order chi connectivity index (χ0) is 13.6. The number of benzene rings is 1. The number of piperidine rings is 1. The number of rotatable bonds is 5. The van der Waals surface area contributed by atoms with E-state index in [-0.39, 0.29) is 0 Å². The van der Waals surface area contributed by atoms with Gasteiger partial charge in [0, 0.05) is 12.6 Å². The Labute approximate surface area is 120 Å². The maximum atomic E-state index is 5.61. The first kappa shape index (κ1) is 13.7. The average Bonchev–Trinajstić information content (AvgIpc) is 2.52. The quantitative estimate of drug-likeness (QED) is 0.804. The predicted octanol–water partition coefficient (Wildman–Crippen LogP) is 1.73. The van der Waals surface area contributed by atoms with Crippen LogP contribution in [0, 0.1) is 0 Å². The van der Waals surface area contributed by atoms with Crippen molar-refractivity contribution in [3.63, 3.8) is 0 Å². The molecule has 0 amide bonds. The molecule has 4 nitrogen and oxygen atoms in total. The Morgan fingerprint density at radius 3 is 2.90 bits per heavy atom. The van der Waals surface area contributed by atoms with Crippen LogP contribution in [0.15, 0.2) is 18.2 Å². The average molecular weight is 276 g/mol. The Morgan fingerprint density at radius 1 is 1.15 bits per heavy atom. The number of hydrogen-bond acceptors (Lipinski definition) is 4. The van der Waals surface area contributed by atoms with Gasteiger partial charge in [0.05, 0.1) is 0 Å². The molecule has 2 N–H and O–H groups in total. The summed E-state index contributed by atoms with van der Waals surface area (Å²) in [6.45, 7) is 4.57. The van der Waals surface area contributed by atoms with E-state index in [1.165, 1.54) is 31.4 Å². The molecule has 0 radical (unpaired) electrons. The third-order valence-electron chi connectivity index (χ3n) is 4.00. The van der Waals surface area contributed by atoms with Gasteiger partial charge in [-0.2, -0.15) is 0 Å². The van der Waals surface area contributed by atoms with Crippen molar-refractivity contribution < 1.29 is 9.47 Å². The summed E-state index contributed by atoms with van der Waals surface area (Å²) in [5, 5.41) is 7.11. The van der Waals surface area contributed by atoms with Gasteiger partial charge >= 0.3 is 0 Å². The first-order valence-corrected chi connectivity index (χ1v) is 7.74. The van der Waals surface area contributed by atoms with Crippen LogP contribution in [0.3, 0.4) is 0 Å². The number of ether oxygens (including phenoxy) is 2. The van der Waals surface area contributed by atoms with Crippen molar-refractivity contribution in [3.8, 4) is 11.5 Å². The first-order chi connectivity index (χ1) is 9.92. The van der Waals surface area contributed by atoms with Crippen LogP contribution in [-0.2, 0) is 6.42 Å². The Morgan fingerprint density at radius 2 is 2.05 bits per heavy atom. The summed E-state index contributed by atoms with van der Waals surface area (Å²) in [5.41, 5.74) is 1.30. The summed E-state index contributed by atoms with van der Waals surface area (Å²) in [5.74, 6) is 1.77. The monoisotopic (exact) mass is 276 g/mol. The first-order valence-electron chi connectivity index (χ1n) is 7.74. The number of fused-ring (bicyclic) bond motifs is 1. The second kappa shape index (κ2) is 6.95. The normalized spacial score (nSPS) is 21.7. The molecule has 1 unspecified atom stereocenters. The summed E-state index contributed by atoms with van der Waals surface area (Å²) >= 11 is 0. The smallest absolute Gasteiger partial charge is 0.161 e. The minimum absolute atomic E-state index is 0.655. The van der Waals surface area contributed by atoms with E-state index in [1.54, 1.807) is 0 Å². The fourth-order valence-corrected chi connectivity index (χ4v) is 2.85. The number of hydrogen-bond donors (Lipinski definition) is 2. The largest absolute Gasteiger partial charge is 0.486 e. The lowest BCUT2D eigenvalue weighted by Gasteiger charge is -2.23. The predicted molar refractivity (Wildman–Crippen MR) is 79.6 cm³/mol. The zero-order valence-corrected chi connectivity index (χ0v) is 12.0. The van der Waals surface area contributed by atoms with Crippen LogP contribution in [0.25, 0.3) is 0 Å². The molecule has 0 aromatic heterocycles. The molecular formula is C16H24N2O2. The molecule has 1 aromatic rings. The van der Waals surface area contributed by atoms with Crippen LogP contribution >= 0.6 is 0 Å². The van der Waals surface area contributed by atoms with Crippen LogP contribution in [0.2, 0.25) is 0 Å². The van der Waals surface area contributed by atoms with E-state index >= 15 is 0 Å². The maximum absolute atomic E-state index is 5.61. The fourth-order valence-electron chi connectivity index (χ4n) is 2.85. The van der Waals surface area contributed by atoms with Crippen molar-refractivity contribution in [2.45, 2.75) is 31.7 Å². The third-order valence-corrected chi connectivity index (χ3v) is 4.00. The van der Waals surface area contributed by atoms with E-state index < -0.39 is 0 Å². The molecule has 0 spiro atoms. The lowest BCUT2D eigenvalue weighted by Crippen LogP contribution is -2.42. The molecule has 4 heteroatoms. The van der Waals surface area contributed by atoms with E-state index in [0.29, 0.717) is 19.3 Å². The zero-order valence-electron chi connectivity index (χ0n) is 12.0. The van der Waals surface area contributed by atoms with Gasteiger partial charge in [0.2, 0.25) is 0 Å². The van der Waals surface area contributed by atoms with Gasteiger partial charge in [-0.1, -0.05) is 12.5 Å². The van der Waals surface area contributed by atoms with Crippen molar-refractivity contribution in [2.75, 3.05) is 32.8 Å². The van der Waals surface area contributed by atoms with E-state index in [1.807, 2.05) is 6.07 Å². The SMILES string of the molecule is c1cc2c(cc1CCNCC1CCCCN1)OCCO2. The van der Waals surface area contributed by atoms with E-state index in [9.17, 15) is 0 Å². The fraction of sp³-hybridized carbons (Fsp3) is 0.625. The highest BCUT2D eigenvalue weighted by atomic mass is 16.6. The molecule has 1 saturated heterocycles. The third kappa shape index (κ3) is 3.64. The maximum Gasteiger partial charge on any atom is 0.161 e. The molecule has 20 heavy (non-hydrogen) atoms. The van der Waals surface area contributed by atoms with Gasteiger partial charge in [0.25, 0.3) is 0 Å². The molecule has 2 aliphatic rings. The molecule has 0 bridgehead atoms.